The van der Waals surface area contributed by atoms with Crippen LogP contribution in [0, 0.1) is 0 Å². The van der Waals surface area contributed by atoms with Crippen LogP contribution < -0.4 is 0 Å². The van der Waals surface area contributed by atoms with Gasteiger partial charge in [0, 0.05) is 19.5 Å². The van der Waals surface area contributed by atoms with Gasteiger partial charge in [-0.25, -0.2) is 8.42 Å². The van der Waals surface area contributed by atoms with Gasteiger partial charge < -0.3 is 0 Å². The topological polar surface area (TPSA) is 54.5 Å². The van der Waals surface area contributed by atoms with Crippen molar-refractivity contribution >= 4 is 15.8 Å². The van der Waals surface area contributed by atoms with Gasteiger partial charge in [0.2, 0.25) is 10.0 Å². The van der Waals surface area contributed by atoms with Crippen molar-refractivity contribution in [3.05, 3.63) is 35.9 Å². The summed E-state index contributed by atoms with van der Waals surface area (Å²) in [5, 5.41) is 0. The van der Waals surface area contributed by atoms with E-state index in [0.717, 1.165) is 5.56 Å². The summed E-state index contributed by atoms with van der Waals surface area (Å²) < 4.78 is 24.8. The summed E-state index contributed by atoms with van der Waals surface area (Å²) in [5.41, 5.74) is 0.945. The van der Waals surface area contributed by atoms with E-state index in [1.165, 1.54) is 4.31 Å². The molecule has 86 valence electrons. The molecule has 1 heterocycles. The van der Waals surface area contributed by atoms with Gasteiger partial charge >= 0.3 is 0 Å². The molecule has 0 amide bonds. The van der Waals surface area contributed by atoms with E-state index >= 15 is 0 Å². The first kappa shape index (κ1) is 11.3. The Bertz CT molecular complexity index is 481. The van der Waals surface area contributed by atoms with Gasteiger partial charge in [0.05, 0.1) is 0 Å². The minimum atomic E-state index is -3.39. The fraction of sp³-hybridized carbons (Fsp3) is 0.364. The summed E-state index contributed by atoms with van der Waals surface area (Å²) in [7, 11) is -3.39. The molecule has 4 nitrogen and oxygen atoms in total. The third-order valence-electron chi connectivity index (χ3n) is 2.58. The van der Waals surface area contributed by atoms with Crippen molar-refractivity contribution in [1.82, 2.24) is 4.31 Å². The van der Waals surface area contributed by atoms with E-state index in [2.05, 4.69) is 0 Å². The lowest BCUT2D eigenvalue weighted by Gasteiger charge is -2.25. The quantitative estimate of drug-likeness (QED) is 0.766. The van der Waals surface area contributed by atoms with Crippen molar-refractivity contribution in [3.63, 3.8) is 0 Å². The van der Waals surface area contributed by atoms with Crippen molar-refractivity contribution in [2.24, 2.45) is 0 Å². The van der Waals surface area contributed by atoms with Crippen LogP contribution in [0.5, 0.6) is 0 Å². The molecule has 0 aromatic heterocycles. The minimum Gasteiger partial charge on any atom is -0.298 e. The molecule has 5 heteroatoms. The molecule has 1 fully saturated rings. The number of benzene rings is 1. The number of carbonyl (C=O) groups is 1. The van der Waals surface area contributed by atoms with Crippen LogP contribution in [0.25, 0.3) is 0 Å². The van der Waals surface area contributed by atoms with E-state index in [-0.39, 0.29) is 11.5 Å². The second-order valence-corrected chi connectivity index (χ2v) is 5.83. The van der Waals surface area contributed by atoms with Crippen LogP contribution >= 0.6 is 0 Å². The Morgan fingerprint density at radius 1 is 1.19 bits per heavy atom. The average Bonchev–Trinajstić information content (AvgIpc) is 2.23. The Labute approximate surface area is 94.9 Å². The first-order valence-electron chi connectivity index (χ1n) is 5.11. The molecule has 0 bridgehead atoms. The SMILES string of the molecule is O=C1CCN(Cc2ccccc2)S(=O)(=O)C1. The van der Waals surface area contributed by atoms with E-state index < -0.39 is 10.0 Å². The molecular weight excluding hydrogens is 226 g/mol. The molecule has 0 radical (unpaired) electrons. The van der Waals surface area contributed by atoms with Crippen LogP contribution in [-0.2, 0) is 21.4 Å². The maximum atomic E-state index is 11.7. The van der Waals surface area contributed by atoms with Gasteiger partial charge in [-0.05, 0) is 5.56 Å². The van der Waals surface area contributed by atoms with Gasteiger partial charge in [-0.1, -0.05) is 30.3 Å². The Balaban J connectivity index is 2.14. The number of hydrogen-bond donors (Lipinski definition) is 0. The van der Waals surface area contributed by atoms with Crippen molar-refractivity contribution in [2.75, 3.05) is 12.3 Å². The lowest BCUT2D eigenvalue weighted by Crippen LogP contribution is -2.41. The zero-order chi connectivity index (χ0) is 11.6. The van der Waals surface area contributed by atoms with Crippen LogP contribution in [0.3, 0.4) is 0 Å². The molecular formula is C11H13NO3S. The van der Waals surface area contributed by atoms with Crippen molar-refractivity contribution in [3.8, 4) is 0 Å². The average molecular weight is 239 g/mol. The van der Waals surface area contributed by atoms with Gasteiger partial charge in [0.25, 0.3) is 0 Å². The predicted octanol–water partition coefficient (Wildman–Crippen LogP) is 0.791. The summed E-state index contributed by atoms with van der Waals surface area (Å²) >= 11 is 0. The maximum Gasteiger partial charge on any atom is 0.221 e. The number of ketones is 1. The summed E-state index contributed by atoms with van der Waals surface area (Å²) in [6.07, 6.45) is 0.325. The molecule has 0 unspecified atom stereocenters. The van der Waals surface area contributed by atoms with Crippen molar-refractivity contribution in [1.29, 1.82) is 0 Å². The second-order valence-electron chi connectivity index (χ2n) is 3.86. The fourth-order valence-electron chi connectivity index (χ4n) is 1.72. The molecule has 0 spiro atoms. The first-order chi connectivity index (χ1) is 7.58. The van der Waals surface area contributed by atoms with E-state index in [9.17, 15) is 13.2 Å². The highest BCUT2D eigenvalue weighted by Crippen LogP contribution is 2.15. The molecule has 1 aromatic rings. The Kier molecular flexibility index (Phi) is 3.07. The van der Waals surface area contributed by atoms with E-state index in [1.807, 2.05) is 30.3 Å². The number of nitrogens with zero attached hydrogens (tertiary/aromatic N) is 1. The highest BCUT2D eigenvalue weighted by Gasteiger charge is 2.30. The Morgan fingerprint density at radius 2 is 1.88 bits per heavy atom. The second kappa shape index (κ2) is 4.35. The Morgan fingerprint density at radius 3 is 2.50 bits per heavy atom. The number of hydrogen-bond acceptors (Lipinski definition) is 3. The zero-order valence-corrected chi connectivity index (χ0v) is 9.61. The van der Waals surface area contributed by atoms with Crippen LogP contribution in [0.2, 0.25) is 0 Å². The van der Waals surface area contributed by atoms with E-state index in [0.29, 0.717) is 19.5 Å². The molecule has 1 aliphatic heterocycles. The highest BCUT2D eigenvalue weighted by atomic mass is 32.2. The van der Waals surface area contributed by atoms with Crippen LogP contribution in [0.15, 0.2) is 30.3 Å². The van der Waals surface area contributed by atoms with Crippen molar-refractivity contribution < 1.29 is 13.2 Å². The van der Waals surface area contributed by atoms with Gasteiger partial charge in [-0.3, -0.25) is 4.79 Å². The third-order valence-corrected chi connectivity index (χ3v) is 4.36. The number of carbonyl (C=O) groups excluding carboxylic acids is 1. The molecule has 1 aliphatic rings. The Hall–Kier alpha value is -1.20. The normalized spacial score (nSPS) is 20.9. The van der Waals surface area contributed by atoms with Gasteiger partial charge in [0.15, 0.2) is 5.78 Å². The summed E-state index contributed by atoms with van der Waals surface area (Å²) in [6.45, 7) is 0.659. The number of rotatable bonds is 2. The molecule has 0 saturated carbocycles. The van der Waals surface area contributed by atoms with Gasteiger partial charge in [0.1, 0.15) is 5.75 Å². The van der Waals surface area contributed by atoms with Crippen LogP contribution in [-0.4, -0.2) is 30.8 Å². The number of sulfonamides is 1. The maximum absolute atomic E-state index is 11.7. The van der Waals surface area contributed by atoms with Crippen LogP contribution in [0.4, 0.5) is 0 Å². The standard InChI is InChI=1S/C11H13NO3S/c13-11-6-7-12(16(14,15)9-11)8-10-4-2-1-3-5-10/h1-5H,6-9H2. The van der Waals surface area contributed by atoms with Gasteiger partial charge in [-0.2, -0.15) is 4.31 Å². The molecule has 2 rings (SSSR count). The third kappa shape index (κ3) is 2.48. The fourth-order valence-corrected chi connectivity index (χ4v) is 3.17. The molecule has 0 atom stereocenters. The van der Waals surface area contributed by atoms with Gasteiger partial charge in [-0.15, -0.1) is 0 Å². The van der Waals surface area contributed by atoms with E-state index in [4.69, 9.17) is 0 Å². The minimum absolute atomic E-state index is 0.190. The monoisotopic (exact) mass is 239 g/mol. The molecule has 1 saturated heterocycles. The summed E-state index contributed by atoms with van der Waals surface area (Å²) in [6, 6.07) is 9.39. The lowest BCUT2D eigenvalue weighted by molar-refractivity contribution is -0.117. The smallest absolute Gasteiger partial charge is 0.221 e. The molecule has 1 aromatic carbocycles. The largest absolute Gasteiger partial charge is 0.298 e. The lowest BCUT2D eigenvalue weighted by atomic mass is 10.2. The first-order valence-corrected chi connectivity index (χ1v) is 6.72. The molecule has 0 N–H and O–H groups in total. The predicted molar refractivity (Wildman–Crippen MR) is 60.3 cm³/mol. The molecule has 16 heavy (non-hydrogen) atoms. The molecule has 0 aliphatic carbocycles. The zero-order valence-electron chi connectivity index (χ0n) is 8.80. The van der Waals surface area contributed by atoms with Crippen molar-refractivity contribution in [2.45, 2.75) is 13.0 Å². The van der Waals surface area contributed by atoms with E-state index in [1.54, 1.807) is 0 Å². The van der Waals surface area contributed by atoms with Crippen LogP contribution in [0.1, 0.15) is 12.0 Å². The number of Topliss-reactive ketones (excluding diaryl/α,β-unsaturated/α-hetero) is 1. The highest BCUT2D eigenvalue weighted by molar-refractivity contribution is 7.89. The summed E-state index contributed by atoms with van der Waals surface area (Å²) in [4.78, 5) is 11.1. The summed E-state index contributed by atoms with van der Waals surface area (Å²) in [5.74, 6) is -0.538.